The average molecular weight is 292 g/mol. The van der Waals surface area contributed by atoms with Gasteiger partial charge in [0.2, 0.25) is 0 Å². The Hall–Kier alpha value is -2.01. The molecule has 0 aliphatic carbocycles. The summed E-state index contributed by atoms with van der Waals surface area (Å²) in [6, 6.07) is 7.71. The predicted molar refractivity (Wildman–Crippen MR) is 82.5 cm³/mol. The first-order valence-electron chi connectivity index (χ1n) is 6.23. The Balaban J connectivity index is 2.34. The second-order valence-corrected chi connectivity index (χ2v) is 5.24. The highest BCUT2D eigenvalue weighted by atomic mass is 35.5. The molecule has 0 saturated carbocycles. The Labute approximate surface area is 123 Å². The Morgan fingerprint density at radius 1 is 1.50 bits per heavy atom. The molecule has 20 heavy (non-hydrogen) atoms. The molecule has 3 N–H and O–H groups in total. The highest BCUT2D eigenvalue weighted by molar-refractivity contribution is 6.30. The van der Waals surface area contributed by atoms with Crippen LogP contribution in [0.3, 0.4) is 0 Å². The third-order valence-electron chi connectivity index (χ3n) is 3.13. The fourth-order valence-corrected chi connectivity index (χ4v) is 2.60. The maximum Gasteiger partial charge on any atom is 0.137 e. The summed E-state index contributed by atoms with van der Waals surface area (Å²) in [5.41, 5.74) is 8.19. The van der Waals surface area contributed by atoms with Crippen molar-refractivity contribution in [3.8, 4) is 0 Å². The zero-order valence-electron chi connectivity index (χ0n) is 11.8. The number of hydrogen-bond donors (Lipinski definition) is 2. The van der Waals surface area contributed by atoms with E-state index in [-0.39, 0.29) is 5.84 Å². The molecule has 2 rings (SSSR count). The van der Waals surface area contributed by atoms with Crippen molar-refractivity contribution in [3.63, 3.8) is 0 Å². The Morgan fingerprint density at radius 3 is 2.80 bits per heavy atom. The van der Waals surface area contributed by atoms with E-state index in [1.54, 1.807) is 4.68 Å². The van der Waals surface area contributed by atoms with E-state index in [4.69, 9.17) is 22.7 Å². The van der Waals surface area contributed by atoms with Crippen LogP contribution in [-0.2, 0) is 13.6 Å². The van der Waals surface area contributed by atoms with Crippen LogP contribution in [0.5, 0.6) is 0 Å². The molecule has 106 valence electrons. The van der Waals surface area contributed by atoms with Gasteiger partial charge in [-0.25, -0.2) is 0 Å². The van der Waals surface area contributed by atoms with Gasteiger partial charge in [0.05, 0.1) is 11.3 Å². The minimum Gasteiger partial charge on any atom is -0.384 e. The topological polar surface area (TPSA) is 70.9 Å². The number of benzene rings is 1. The van der Waals surface area contributed by atoms with Crippen LogP contribution in [0.4, 0.5) is 5.82 Å². The quantitative estimate of drug-likeness (QED) is 0.671. The molecule has 0 atom stereocenters. The van der Waals surface area contributed by atoms with Crippen molar-refractivity contribution >= 4 is 23.3 Å². The molecule has 0 spiro atoms. The van der Waals surface area contributed by atoms with E-state index in [9.17, 15) is 0 Å². The molecule has 0 unspecified atom stereocenters. The number of nitrogens with two attached hydrogens (primary N) is 1. The zero-order chi connectivity index (χ0) is 14.9. The summed E-state index contributed by atoms with van der Waals surface area (Å²) < 4.78 is 1.75. The molecule has 0 radical (unpaired) electrons. The molecule has 0 bridgehead atoms. The molecule has 2 aromatic rings. The van der Waals surface area contributed by atoms with Gasteiger partial charge >= 0.3 is 0 Å². The van der Waals surface area contributed by atoms with Gasteiger partial charge in [0.15, 0.2) is 0 Å². The van der Waals surface area contributed by atoms with E-state index >= 15 is 0 Å². The number of amidine groups is 1. The molecular formula is C14H18ClN5. The lowest BCUT2D eigenvalue weighted by Crippen LogP contribution is -2.23. The van der Waals surface area contributed by atoms with Gasteiger partial charge in [-0.15, -0.1) is 0 Å². The molecule has 6 heteroatoms. The number of halogens is 1. The maximum atomic E-state index is 7.71. The van der Waals surface area contributed by atoms with Crippen molar-refractivity contribution in [1.29, 1.82) is 5.41 Å². The number of nitrogens with zero attached hydrogens (tertiary/aromatic N) is 3. The minimum absolute atomic E-state index is 0.0311. The largest absolute Gasteiger partial charge is 0.384 e. The number of nitrogens with one attached hydrogen (secondary N) is 1. The fourth-order valence-electron chi connectivity index (χ4n) is 2.38. The molecule has 1 aromatic heterocycles. The van der Waals surface area contributed by atoms with Gasteiger partial charge in [-0.2, -0.15) is 5.10 Å². The standard InChI is InChI=1S/C14H18ClN5/c1-9-12(13(16)17)14(20(3)18-9)19(2)8-10-5-4-6-11(15)7-10/h4-7H,8H2,1-3H3,(H3,16,17). The molecular weight excluding hydrogens is 274 g/mol. The summed E-state index contributed by atoms with van der Waals surface area (Å²) in [4.78, 5) is 2.02. The van der Waals surface area contributed by atoms with Crippen molar-refractivity contribution in [2.45, 2.75) is 13.5 Å². The van der Waals surface area contributed by atoms with Crippen molar-refractivity contribution < 1.29 is 0 Å². The smallest absolute Gasteiger partial charge is 0.137 e. The lowest BCUT2D eigenvalue weighted by atomic mass is 10.2. The van der Waals surface area contributed by atoms with Gasteiger partial charge in [0.25, 0.3) is 0 Å². The van der Waals surface area contributed by atoms with Crippen LogP contribution in [0.25, 0.3) is 0 Å². The van der Waals surface area contributed by atoms with Gasteiger partial charge in [-0.05, 0) is 24.6 Å². The van der Waals surface area contributed by atoms with Crippen LogP contribution in [0, 0.1) is 12.3 Å². The first-order valence-corrected chi connectivity index (χ1v) is 6.61. The molecule has 5 nitrogen and oxygen atoms in total. The third-order valence-corrected chi connectivity index (χ3v) is 3.37. The van der Waals surface area contributed by atoms with Gasteiger partial charge < -0.3 is 10.6 Å². The monoisotopic (exact) mass is 291 g/mol. The fraction of sp³-hybridized carbons (Fsp3) is 0.286. The number of nitrogen functional groups attached to an aromatic ring is 1. The molecule has 0 aliphatic rings. The van der Waals surface area contributed by atoms with Crippen LogP contribution >= 0.6 is 11.6 Å². The Bertz CT molecular complexity index is 647. The SMILES string of the molecule is Cc1nn(C)c(N(C)Cc2cccc(Cl)c2)c1C(=N)N. The summed E-state index contributed by atoms with van der Waals surface area (Å²) in [5.74, 6) is 0.860. The van der Waals surface area contributed by atoms with Gasteiger partial charge in [-0.3, -0.25) is 10.1 Å². The molecule has 0 fully saturated rings. The number of anilines is 1. The second kappa shape index (κ2) is 5.54. The van der Waals surface area contributed by atoms with Crippen LogP contribution < -0.4 is 10.6 Å². The summed E-state index contributed by atoms with van der Waals surface area (Å²) in [6.07, 6.45) is 0. The maximum absolute atomic E-state index is 7.71. The average Bonchev–Trinajstić information content (AvgIpc) is 2.64. The Kier molecular flexibility index (Phi) is 3.99. The van der Waals surface area contributed by atoms with E-state index in [0.29, 0.717) is 17.1 Å². The lowest BCUT2D eigenvalue weighted by molar-refractivity contribution is 0.726. The highest BCUT2D eigenvalue weighted by Crippen LogP contribution is 2.23. The molecule has 1 heterocycles. The van der Waals surface area contributed by atoms with E-state index in [0.717, 1.165) is 17.1 Å². The van der Waals surface area contributed by atoms with Gasteiger partial charge in [0, 0.05) is 25.7 Å². The van der Waals surface area contributed by atoms with E-state index in [2.05, 4.69) is 5.10 Å². The molecule has 0 saturated heterocycles. The van der Waals surface area contributed by atoms with E-state index in [1.165, 1.54) is 0 Å². The van der Waals surface area contributed by atoms with Crippen LogP contribution in [0.15, 0.2) is 24.3 Å². The summed E-state index contributed by atoms with van der Waals surface area (Å²) in [6.45, 7) is 2.52. The third kappa shape index (κ3) is 2.77. The number of rotatable bonds is 4. The van der Waals surface area contributed by atoms with Crippen LogP contribution in [0.2, 0.25) is 5.02 Å². The molecule has 0 aliphatic heterocycles. The molecule has 0 amide bonds. The first-order chi connectivity index (χ1) is 9.40. The minimum atomic E-state index is 0.0311. The second-order valence-electron chi connectivity index (χ2n) is 4.81. The zero-order valence-corrected chi connectivity index (χ0v) is 12.6. The van der Waals surface area contributed by atoms with Crippen molar-refractivity contribution in [1.82, 2.24) is 9.78 Å². The summed E-state index contributed by atoms with van der Waals surface area (Å²) in [7, 11) is 3.80. The number of aromatic nitrogens is 2. The lowest BCUT2D eigenvalue weighted by Gasteiger charge is -2.21. The first kappa shape index (κ1) is 14.4. The highest BCUT2D eigenvalue weighted by Gasteiger charge is 2.19. The number of aryl methyl sites for hydroxylation is 2. The van der Waals surface area contributed by atoms with E-state index < -0.39 is 0 Å². The van der Waals surface area contributed by atoms with Gasteiger partial charge in [-0.1, -0.05) is 23.7 Å². The predicted octanol–water partition coefficient (Wildman–Crippen LogP) is 2.30. The Morgan fingerprint density at radius 2 is 2.20 bits per heavy atom. The van der Waals surface area contributed by atoms with Crippen molar-refractivity contribution in [3.05, 3.63) is 46.1 Å². The summed E-state index contributed by atoms with van der Waals surface area (Å²) >= 11 is 6.00. The van der Waals surface area contributed by atoms with E-state index in [1.807, 2.05) is 50.2 Å². The van der Waals surface area contributed by atoms with Gasteiger partial charge in [0.1, 0.15) is 11.7 Å². The summed E-state index contributed by atoms with van der Waals surface area (Å²) in [5, 5.41) is 12.8. The normalized spacial score (nSPS) is 10.6. The van der Waals surface area contributed by atoms with Crippen LogP contribution in [0.1, 0.15) is 16.8 Å². The molecule has 1 aromatic carbocycles. The number of hydrogen-bond acceptors (Lipinski definition) is 3. The van der Waals surface area contributed by atoms with Crippen LogP contribution in [-0.4, -0.2) is 22.7 Å². The van der Waals surface area contributed by atoms with Crippen molar-refractivity contribution in [2.75, 3.05) is 11.9 Å². The van der Waals surface area contributed by atoms with Crippen molar-refractivity contribution in [2.24, 2.45) is 12.8 Å².